The number of nitrogens with one attached hydrogen (secondary N) is 1. The van der Waals surface area contributed by atoms with Crippen molar-refractivity contribution in [2.24, 2.45) is 17.6 Å². The van der Waals surface area contributed by atoms with E-state index in [1.165, 1.54) is 22.3 Å². The van der Waals surface area contributed by atoms with E-state index < -0.39 is 95.1 Å². The first kappa shape index (κ1) is 38.8. The largest absolute Gasteiger partial charge is 0.510 e. The number of hydrogen-bond donors (Lipinski definition) is 6. The van der Waals surface area contributed by atoms with E-state index in [1.54, 1.807) is 56.8 Å². The number of aliphatic hydroxyl groups excluding tert-OH is 2. The Bertz CT molecular complexity index is 1940. The fourth-order valence-corrected chi connectivity index (χ4v) is 7.97. The van der Waals surface area contributed by atoms with Gasteiger partial charge in [0.15, 0.2) is 17.1 Å². The third-order valence-corrected chi connectivity index (χ3v) is 10.4. The number of benzene rings is 1. The van der Waals surface area contributed by atoms with Crippen LogP contribution in [0.25, 0.3) is 0 Å². The summed E-state index contributed by atoms with van der Waals surface area (Å²) in [6.07, 6.45) is -0.565. The van der Waals surface area contributed by atoms with E-state index in [0.29, 0.717) is 17.7 Å². The number of amides is 3. The Balaban J connectivity index is 1.44. The zero-order valence-corrected chi connectivity index (χ0v) is 30.5. The minimum Gasteiger partial charge on any atom is -0.510 e. The van der Waals surface area contributed by atoms with Crippen LogP contribution >= 0.6 is 11.3 Å². The van der Waals surface area contributed by atoms with Crippen molar-refractivity contribution in [3.63, 3.8) is 0 Å². The quantitative estimate of drug-likeness (QED) is 0.0829. The van der Waals surface area contributed by atoms with Gasteiger partial charge in [0.05, 0.1) is 22.9 Å². The van der Waals surface area contributed by atoms with Crippen LogP contribution in [-0.2, 0) is 30.3 Å². The van der Waals surface area contributed by atoms with Gasteiger partial charge in [0.25, 0.3) is 5.91 Å². The summed E-state index contributed by atoms with van der Waals surface area (Å²) >= 11 is 1.29. The van der Waals surface area contributed by atoms with Crippen molar-refractivity contribution in [1.82, 2.24) is 9.80 Å². The second-order valence-electron chi connectivity index (χ2n) is 13.4. The minimum atomic E-state index is -2.81. The number of primary amides is 1. The van der Waals surface area contributed by atoms with Gasteiger partial charge in [0.2, 0.25) is 18.5 Å². The Hall–Kier alpha value is -5.46. The van der Waals surface area contributed by atoms with Crippen LogP contribution in [0, 0.1) is 11.8 Å². The standard InChI is InChI=1S/C35H41N5O12S/c1-6-8-40(34(49)52-15-51-33(48)16-7-9-53-14-16)13-22(41)37-20-12-21(38(2)3)18-10-17-11-19-26(39(4)5)29(44)25(32(36)47)31(46)35(19,50)30(45)23(17)28(43)24(18)27(20)42/h7,9,12,14,17,19,26,42,44-45,50H,6,8,10-11,13,15H2,1-5H3,(H2,36,47)(H,37,41)/t17-,19-,26-,35-/m0/s1. The van der Waals surface area contributed by atoms with Crippen LogP contribution < -0.4 is 16.0 Å². The molecule has 2 aromatic rings. The zero-order chi connectivity index (χ0) is 39.1. The number of aliphatic hydroxyl groups is 3. The highest BCUT2D eigenvalue weighted by Gasteiger charge is 2.63. The molecule has 1 aromatic heterocycles. The fraction of sp³-hybridized carbons (Fsp3) is 0.429. The Morgan fingerprint density at radius 3 is 2.38 bits per heavy atom. The number of anilines is 2. The van der Waals surface area contributed by atoms with Crippen LogP contribution in [0.2, 0.25) is 0 Å². The molecule has 4 atom stereocenters. The van der Waals surface area contributed by atoms with Crippen molar-refractivity contribution in [2.45, 2.75) is 37.8 Å². The summed E-state index contributed by atoms with van der Waals surface area (Å²) in [4.78, 5) is 82.5. The van der Waals surface area contributed by atoms with Crippen LogP contribution in [-0.4, -0.2) is 125 Å². The number of phenolic OH excluding ortho intramolecular Hbond substituents is 1. The van der Waals surface area contributed by atoms with Crippen molar-refractivity contribution >= 4 is 58.2 Å². The summed E-state index contributed by atoms with van der Waals surface area (Å²) in [6.45, 7) is 0.596. The van der Waals surface area contributed by atoms with Gasteiger partial charge in [0, 0.05) is 43.2 Å². The molecule has 7 N–H and O–H groups in total. The Kier molecular flexibility index (Phi) is 10.9. The molecule has 0 saturated heterocycles. The molecule has 0 saturated carbocycles. The Morgan fingerprint density at radius 2 is 1.79 bits per heavy atom. The number of ether oxygens (including phenoxy) is 2. The Labute approximate surface area is 307 Å². The molecule has 17 nitrogen and oxygen atoms in total. The van der Waals surface area contributed by atoms with Gasteiger partial charge in [-0.3, -0.25) is 29.0 Å². The molecule has 0 fully saturated rings. The molecule has 1 aromatic carbocycles. The van der Waals surface area contributed by atoms with E-state index in [1.807, 2.05) is 0 Å². The number of ketones is 2. The number of Topliss-reactive ketones (excluding diaryl/α,β-unsaturated/α-hetero) is 2. The number of carbonyl (C=O) groups excluding carboxylic acids is 6. The van der Waals surface area contributed by atoms with Crippen LogP contribution in [0.5, 0.6) is 5.75 Å². The van der Waals surface area contributed by atoms with Crippen molar-refractivity contribution in [3.8, 4) is 5.75 Å². The third kappa shape index (κ3) is 6.80. The van der Waals surface area contributed by atoms with Gasteiger partial charge < -0.3 is 45.9 Å². The van der Waals surface area contributed by atoms with Crippen LogP contribution in [0.15, 0.2) is 45.6 Å². The molecule has 1 heterocycles. The van der Waals surface area contributed by atoms with E-state index in [9.17, 15) is 49.2 Å². The minimum absolute atomic E-state index is 0.0386. The number of aromatic hydroxyl groups is 1. The van der Waals surface area contributed by atoms with Gasteiger partial charge in [-0.1, -0.05) is 6.92 Å². The molecule has 0 unspecified atom stereocenters. The van der Waals surface area contributed by atoms with Gasteiger partial charge >= 0.3 is 12.1 Å². The maximum absolute atomic E-state index is 14.3. The first-order valence-electron chi connectivity index (χ1n) is 16.6. The van der Waals surface area contributed by atoms with Crippen molar-refractivity contribution < 1.29 is 58.7 Å². The second kappa shape index (κ2) is 14.9. The number of rotatable bonds is 11. The molecule has 53 heavy (non-hydrogen) atoms. The maximum atomic E-state index is 14.3. The molecule has 3 aliphatic rings. The molecule has 0 radical (unpaired) electrons. The molecule has 0 spiro atoms. The highest BCUT2D eigenvalue weighted by molar-refractivity contribution is 7.08. The van der Waals surface area contributed by atoms with Crippen molar-refractivity contribution in [1.29, 1.82) is 0 Å². The number of phenols is 1. The first-order chi connectivity index (χ1) is 24.9. The van der Waals surface area contributed by atoms with Gasteiger partial charge in [-0.25, -0.2) is 9.59 Å². The molecule has 284 valence electrons. The molecular weight excluding hydrogens is 714 g/mol. The van der Waals surface area contributed by atoms with Crippen LogP contribution in [0.1, 0.15) is 46.0 Å². The molecule has 3 amide bonds. The second-order valence-corrected chi connectivity index (χ2v) is 14.2. The predicted molar refractivity (Wildman–Crippen MR) is 190 cm³/mol. The summed E-state index contributed by atoms with van der Waals surface area (Å²) in [7, 11) is 6.43. The van der Waals surface area contributed by atoms with E-state index in [4.69, 9.17) is 15.2 Å². The molecule has 3 aliphatic carbocycles. The average Bonchev–Trinajstić information content (AvgIpc) is 3.62. The topological polar surface area (TPSA) is 250 Å². The van der Waals surface area contributed by atoms with Gasteiger partial charge in [-0.05, 0) is 62.4 Å². The van der Waals surface area contributed by atoms with Crippen molar-refractivity contribution in [2.75, 3.05) is 58.3 Å². The summed E-state index contributed by atoms with van der Waals surface area (Å²) < 4.78 is 10.0. The van der Waals surface area contributed by atoms with Gasteiger partial charge in [-0.2, -0.15) is 11.3 Å². The van der Waals surface area contributed by atoms with E-state index >= 15 is 0 Å². The lowest BCUT2D eigenvalue weighted by atomic mass is 9.58. The average molecular weight is 756 g/mol. The molecular formula is C35H41N5O12S. The smallest absolute Gasteiger partial charge is 0.413 e. The number of likely N-dealkylation sites (N-methyl/N-ethyl adjacent to an activating group) is 1. The van der Waals surface area contributed by atoms with Crippen LogP contribution in [0.4, 0.5) is 16.2 Å². The molecule has 0 aliphatic heterocycles. The lowest BCUT2D eigenvalue weighted by Crippen LogP contribution is -2.63. The van der Waals surface area contributed by atoms with Crippen LogP contribution in [0.3, 0.4) is 0 Å². The SMILES string of the molecule is CCCN(CC(=O)Nc1cc(N(C)C)c2c(c1O)C(=O)C1=C(O)[C@]3(O)C(=O)C(C(N)=O)=C(O)[C@@H](N(C)C)[C@@H]3C[C@@H]1C2)C(=O)OCOC(=O)c1ccsc1. The lowest BCUT2D eigenvalue weighted by Gasteiger charge is -2.50. The monoisotopic (exact) mass is 755 g/mol. The molecule has 18 heteroatoms. The van der Waals surface area contributed by atoms with Gasteiger partial charge in [-0.15, -0.1) is 0 Å². The number of carbonyl (C=O) groups is 6. The van der Waals surface area contributed by atoms with E-state index in [-0.39, 0.29) is 41.8 Å². The number of fused-ring (bicyclic) bond motifs is 3. The first-order valence-corrected chi connectivity index (χ1v) is 17.5. The zero-order valence-electron chi connectivity index (χ0n) is 29.7. The van der Waals surface area contributed by atoms with Gasteiger partial charge in [0.1, 0.15) is 23.6 Å². The number of thiophene rings is 1. The number of hydrogen-bond acceptors (Lipinski definition) is 15. The highest BCUT2D eigenvalue weighted by Crippen LogP contribution is 2.54. The summed E-state index contributed by atoms with van der Waals surface area (Å²) in [6, 6.07) is 1.85. The normalized spacial score (nSPS) is 22.1. The lowest BCUT2D eigenvalue weighted by molar-refractivity contribution is -0.148. The van der Waals surface area contributed by atoms with E-state index in [0.717, 1.165) is 4.90 Å². The van der Waals surface area contributed by atoms with E-state index in [2.05, 4.69) is 5.32 Å². The number of esters is 1. The number of nitrogens with zero attached hydrogens (tertiary/aromatic N) is 3. The Morgan fingerprint density at radius 1 is 1.09 bits per heavy atom. The predicted octanol–water partition coefficient (Wildman–Crippen LogP) is 1.85. The summed E-state index contributed by atoms with van der Waals surface area (Å²) in [5.74, 6) is -9.43. The number of nitrogens with two attached hydrogens (primary N) is 1. The third-order valence-electron chi connectivity index (χ3n) is 9.67. The van der Waals surface area contributed by atoms with Crippen molar-refractivity contribution in [3.05, 3.63) is 62.2 Å². The summed E-state index contributed by atoms with van der Waals surface area (Å²) in [5, 5.41) is 51.7. The summed E-state index contributed by atoms with van der Waals surface area (Å²) in [5.41, 5.74) is 1.87. The maximum Gasteiger partial charge on any atom is 0.413 e. The molecule has 5 rings (SSSR count). The highest BCUT2D eigenvalue weighted by atomic mass is 32.1. The fourth-order valence-electron chi connectivity index (χ4n) is 7.35. The number of allylic oxidation sites excluding steroid dienone is 1. The molecule has 0 bridgehead atoms.